The normalized spacial score (nSPS) is 13.3. The number of anilines is 2. The Balaban J connectivity index is 1.36. The second-order valence-electron chi connectivity index (χ2n) is 13.0. The van der Waals surface area contributed by atoms with Crippen molar-refractivity contribution in [3.05, 3.63) is 94.8 Å². The van der Waals surface area contributed by atoms with Gasteiger partial charge in [-0.2, -0.15) is 10.1 Å². The molecule has 4 heterocycles. The molecule has 3 aromatic heterocycles. The van der Waals surface area contributed by atoms with Crippen molar-refractivity contribution >= 4 is 52.1 Å². The number of nitrogens with two attached hydrogens (primary N) is 2. The first kappa shape index (κ1) is 38.1. The number of nitrogens with zero attached hydrogens (tertiary/aromatic N) is 8. The van der Waals surface area contributed by atoms with Crippen LogP contribution in [0.3, 0.4) is 0 Å². The maximum absolute atomic E-state index is 13.6. The molecule has 0 saturated carbocycles. The molecule has 6 N–H and O–H groups in total. The van der Waals surface area contributed by atoms with Crippen molar-refractivity contribution < 1.29 is 33.6 Å². The van der Waals surface area contributed by atoms with Gasteiger partial charge in [-0.25, -0.2) is 14.1 Å². The van der Waals surface area contributed by atoms with Crippen molar-refractivity contribution in [3.8, 4) is 5.75 Å². The number of fused-ring (bicyclic) bond motifs is 2. The molecule has 2 aromatic carbocycles. The maximum atomic E-state index is 13.6. The van der Waals surface area contributed by atoms with Gasteiger partial charge in [0, 0.05) is 55.9 Å². The molecule has 286 valence electrons. The van der Waals surface area contributed by atoms with E-state index in [1.54, 1.807) is 48.8 Å². The first-order valence-corrected chi connectivity index (χ1v) is 17.9. The Labute approximate surface area is 316 Å². The van der Waals surface area contributed by atoms with Gasteiger partial charge in [-0.05, 0) is 62.7 Å². The van der Waals surface area contributed by atoms with Crippen molar-refractivity contribution in [1.29, 1.82) is 0 Å². The van der Waals surface area contributed by atoms with E-state index in [0.717, 1.165) is 11.3 Å². The van der Waals surface area contributed by atoms with Gasteiger partial charge in [-0.15, -0.1) is 0 Å². The number of amides is 4. The largest absolute Gasteiger partial charge is 0.491 e. The van der Waals surface area contributed by atoms with Gasteiger partial charge < -0.3 is 30.8 Å². The van der Waals surface area contributed by atoms with E-state index in [2.05, 4.69) is 15.4 Å². The summed E-state index contributed by atoms with van der Waals surface area (Å²) in [6.45, 7) is 7.26. The Morgan fingerprint density at radius 1 is 1.02 bits per heavy atom. The summed E-state index contributed by atoms with van der Waals surface area (Å²) in [4.78, 5) is 62.5. The number of carbonyl (C=O) groups is 4. The molecule has 0 radical (unpaired) electrons. The average Bonchev–Trinajstić information content (AvgIpc) is 3.92. The van der Waals surface area contributed by atoms with Crippen molar-refractivity contribution in [2.75, 3.05) is 30.0 Å². The molecule has 0 saturated heterocycles. The Bertz CT molecular complexity index is 2370. The van der Waals surface area contributed by atoms with Crippen LogP contribution in [0.1, 0.15) is 73.2 Å². The number of primary amides is 2. The molecule has 17 nitrogen and oxygen atoms in total. The number of ether oxygens (including phenoxy) is 1. The minimum atomic E-state index is -0.679. The molecule has 0 unspecified atom stereocenters. The SMILES string of the molecule is CCn1c[n+](C)cc1C(=O)Nc1nc2cc(C(N)=O)cc(OCCCO)c2n1C/C=C/CN1C(=NC(=O)c2cc(C)nn2CC)Cc2cc(C(N)=O)ccc21. The van der Waals surface area contributed by atoms with Gasteiger partial charge in [0.2, 0.25) is 29.8 Å². The number of aliphatic hydroxyl groups is 1. The van der Waals surface area contributed by atoms with E-state index in [9.17, 15) is 24.3 Å². The van der Waals surface area contributed by atoms with Crippen LogP contribution in [0, 0.1) is 6.92 Å². The number of aromatic nitrogens is 6. The fourth-order valence-corrected chi connectivity index (χ4v) is 6.54. The zero-order valence-electron chi connectivity index (χ0n) is 31.2. The lowest BCUT2D eigenvalue weighted by Gasteiger charge is -2.19. The molecule has 5 aromatic rings. The van der Waals surface area contributed by atoms with Gasteiger partial charge >= 0.3 is 5.91 Å². The van der Waals surface area contributed by atoms with Crippen LogP contribution in [0.2, 0.25) is 0 Å². The standard InChI is InChI=1S/C38H43N11O6/c1-5-46-22-45(4)21-30(46)37(54)43-38-41-27-18-26(35(40)52)19-31(55-15-9-14-50)33(27)48(38)13-8-7-12-47-28-11-10-24(34(39)51)17-25(28)20-32(47)42-36(53)29-16-23(3)44-49(29)6-2/h7-8,10-11,16-19,21-22,50H,5-6,9,12-15,20H2,1-4H3,(H4-,39,40,41,43,51,52,54)/p+1/b8-7+,42-32?. The van der Waals surface area contributed by atoms with Gasteiger partial charge in [-0.3, -0.25) is 29.2 Å². The molecule has 55 heavy (non-hydrogen) atoms. The summed E-state index contributed by atoms with van der Waals surface area (Å²) in [5.74, 6) is -1.08. The number of carbonyl (C=O) groups excluding carboxylic acids is 4. The van der Waals surface area contributed by atoms with Gasteiger partial charge in [-0.1, -0.05) is 12.2 Å². The van der Waals surface area contributed by atoms with Crippen LogP contribution in [0.15, 0.2) is 66.1 Å². The number of hydrogen-bond acceptors (Lipinski definition) is 8. The number of benzene rings is 2. The van der Waals surface area contributed by atoms with Crippen LogP contribution in [0.5, 0.6) is 5.75 Å². The number of aliphatic imine (C=N–C) groups is 1. The third kappa shape index (κ3) is 8.01. The van der Waals surface area contributed by atoms with Crippen molar-refractivity contribution in [1.82, 2.24) is 23.9 Å². The van der Waals surface area contributed by atoms with Crippen LogP contribution < -0.4 is 31.0 Å². The van der Waals surface area contributed by atoms with E-state index in [-0.39, 0.29) is 31.3 Å². The molecule has 1 aliphatic heterocycles. The predicted octanol–water partition coefficient (Wildman–Crippen LogP) is 2.28. The summed E-state index contributed by atoms with van der Waals surface area (Å²) < 4.78 is 13.0. The van der Waals surface area contributed by atoms with Crippen molar-refractivity contribution in [3.63, 3.8) is 0 Å². The third-order valence-corrected chi connectivity index (χ3v) is 9.12. The zero-order valence-corrected chi connectivity index (χ0v) is 31.2. The van der Waals surface area contributed by atoms with E-state index in [0.29, 0.717) is 77.7 Å². The second kappa shape index (κ2) is 16.2. The van der Waals surface area contributed by atoms with Gasteiger partial charge in [0.1, 0.15) is 29.0 Å². The molecule has 0 atom stereocenters. The first-order chi connectivity index (χ1) is 26.4. The number of allylic oxidation sites excluding steroid dienone is 1. The fourth-order valence-electron chi connectivity index (χ4n) is 6.54. The van der Waals surface area contributed by atoms with Crippen molar-refractivity contribution in [2.45, 2.75) is 53.2 Å². The average molecular weight is 751 g/mol. The highest BCUT2D eigenvalue weighted by Crippen LogP contribution is 2.33. The Hall–Kier alpha value is -6.62. The lowest BCUT2D eigenvalue weighted by Crippen LogP contribution is -2.28. The molecular formula is C38H44N11O6+. The highest BCUT2D eigenvalue weighted by Gasteiger charge is 2.28. The summed E-state index contributed by atoms with van der Waals surface area (Å²) in [6.07, 6.45) is 7.92. The van der Waals surface area contributed by atoms with E-state index in [4.69, 9.17) is 21.2 Å². The number of aryl methyl sites for hydroxylation is 4. The maximum Gasteiger partial charge on any atom is 0.301 e. The molecule has 1 aliphatic rings. The molecule has 6 rings (SSSR count). The Kier molecular flexibility index (Phi) is 11.2. The number of imidazole rings is 2. The summed E-state index contributed by atoms with van der Waals surface area (Å²) in [5.41, 5.74) is 15.7. The van der Waals surface area contributed by atoms with Gasteiger partial charge in [0.25, 0.3) is 5.91 Å². The fraction of sp³-hybridized carbons (Fsp3) is 0.316. The van der Waals surface area contributed by atoms with E-state index in [1.807, 2.05) is 51.2 Å². The predicted molar refractivity (Wildman–Crippen MR) is 204 cm³/mol. The van der Waals surface area contributed by atoms with Crippen LogP contribution in [0.4, 0.5) is 11.6 Å². The molecule has 0 fully saturated rings. The molecular weight excluding hydrogens is 706 g/mol. The topological polar surface area (TPSA) is 222 Å². The number of hydrogen-bond donors (Lipinski definition) is 4. The van der Waals surface area contributed by atoms with Gasteiger partial charge in [0.15, 0.2) is 0 Å². The monoisotopic (exact) mass is 750 g/mol. The van der Waals surface area contributed by atoms with Crippen LogP contribution in [-0.2, 0) is 33.1 Å². The first-order valence-electron chi connectivity index (χ1n) is 17.9. The number of aliphatic hydroxyl groups excluding tert-OH is 1. The lowest BCUT2D eigenvalue weighted by atomic mass is 10.1. The van der Waals surface area contributed by atoms with Crippen LogP contribution >= 0.6 is 0 Å². The summed E-state index contributed by atoms with van der Waals surface area (Å²) in [5, 5.41) is 16.7. The summed E-state index contributed by atoms with van der Waals surface area (Å²) >= 11 is 0. The Morgan fingerprint density at radius 2 is 1.78 bits per heavy atom. The minimum absolute atomic E-state index is 0.0985. The Morgan fingerprint density at radius 3 is 2.49 bits per heavy atom. The van der Waals surface area contributed by atoms with E-state index < -0.39 is 23.6 Å². The molecule has 17 heteroatoms. The summed E-state index contributed by atoms with van der Waals surface area (Å²) in [6, 6.07) is 9.89. The number of rotatable bonds is 15. The minimum Gasteiger partial charge on any atom is -0.491 e. The van der Waals surface area contributed by atoms with Crippen molar-refractivity contribution in [2.24, 2.45) is 23.5 Å². The van der Waals surface area contributed by atoms with Gasteiger partial charge in [0.05, 0.1) is 31.4 Å². The molecule has 0 spiro atoms. The smallest absolute Gasteiger partial charge is 0.301 e. The van der Waals surface area contributed by atoms with Crippen LogP contribution in [-0.4, -0.2) is 78.2 Å². The highest BCUT2D eigenvalue weighted by molar-refractivity contribution is 6.12. The lowest BCUT2D eigenvalue weighted by molar-refractivity contribution is -0.671. The quantitative estimate of drug-likeness (QED) is 0.0699. The molecule has 0 aliphatic carbocycles. The number of amidine groups is 1. The summed E-state index contributed by atoms with van der Waals surface area (Å²) in [7, 11) is 1.83. The molecule has 4 amide bonds. The van der Waals surface area contributed by atoms with E-state index in [1.165, 1.54) is 12.1 Å². The number of nitrogens with one attached hydrogen (secondary N) is 1. The van der Waals surface area contributed by atoms with Crippen LogP contribution in [0.25, 0.3) is 11.0 Å². The molecule has 0 bridgehead atoms. The second-order valence-corrected chi connectivity index (χ2v) is 13.0. The van der Waals surface area contributed by atoms with E-state index >= 15 is 0 Å². The zero-order chi connectivity index (χ0) is 39.4. The third-order valence-electron chi connectivity index (χ3n) is 9.12. The highest BCUT2D eigenvalue weighted by atomic mass is 16.5.